The Morgan fingerprint density at radius 1 is 1.53 bits per heavy atom. The highest BCUT2D eigenvalue weighted by Gasteiger charge is 2.35. The minimum Gasteiger partial charge on any atom is -0.481 e. The van der Waals surface area contributed by atoms with E-state index in [-0.39, 0.29) is 37.1 Å². The molecule has 0 aromatic heterocycles. The number of nitrogens with zero attached hydrogens (tertiary/aromatic N) is 2. The van der Waals surface area contributed by atoms with Gasteiger partial charge >= 0.3 is 5.97 Å². The molecule has 1 fully saturated rings. The summed E-state index contributed by atoms with van der Waals surface area (Å²) in [6.07, 6.45) is 0.107. The van der Waals surface area contributed by atoms with Crippen molar-refractivity contribution in [2.24, 2.45) is 5.92 Å². The Morgan fingerprint density at radius 2 is 2.21 bits per heavy atom. The van der Waals surface area contributed by atoms with Crippen LogP contribution >= 0.6 is 0 Å². The predicted molar refractivity (Wildman–Crippen MR) is 66.5 cm³/mol. The van der Waals surface area contributed by atoms with E-state index in [4.69, 9.17) is 9.84 Å². The van der Waals surface area contributed by atoms with Crippen LogP contribution in [0.2, 0.25) is 0 Å². The van der Waals surface area contributed by atoms with Crippen molar-refractivity contribution in [2.75, 3.05) is 40.4 Å². The lowest BCUT2D eigenvalue weighted by Crippen LogP contribution is -2.36. The smallest absolute Gasteiger partial charge is 0.305 e. The SMILES string of the molecule is COCCN1C[C@H](C(=O)N(C)CCC(=O)O)CC1=O. The van der Waals surface area contributed by atoms with Crippen molar-refractivity contribution in [1.29, 1.82) is 0 Å². The largest absolute Gasteiger partial charge is 0.481 e. The summed E-state index contributed by atoms with van der Waals surface area (Å²) in [5.41, 5.74) is 0. The third kappa shape index (κ3) is 4.51. The number of methoxy groups -OCH3 is 1. The van der Waals surface area contributed by atoms with E-state index in [1.54, 1.807) is 19.1 Å². The molecule has 7 nitrogen and oxygen atoms in total. The van der Waals surface area contributed by atoms with E-state index in [9.17, 15) is 14.4 Å². The summed E-state index contributed by atoms with van der Waals surface area (Å²) >= 11 is 0. The quantitative estimate of drug-likeness (QED) is 0.669. The van der Waals surface area contributed by atoms with Crippen molar-refractivity contribution >= 4 is 17.8 Å². The van der Waals surface area contributed by atoms with Crippen molar-refractivity contribution in [1.82, 2.24) is 9.80 Å². The Labute approximate surface area is 112 Å². The first-order chi connectivity index (χ1) is 8.95. The van der Waals surface area contributed by atoms with Crippen LogP contribution in [0.4, 0.5) is 0 Å². The van der Waals surface area contributed by atoms with Gasteiger partial charge in [-0.2, -0.15) is 0 Å². The Balaban J connectivity index is 2.45. The average Bonchev–Trinajstić information content (AvgIpc) is 2.73. The van der Waals surface area contributed by atoms with Crippen LogP contribution < -0.4 is 0 Å². The molecule has 1 atom stereocenters. The molecule has 1 N–H and O–H groups in total. The fourth-order valence-corrected chi connectivity index (χ4v) is 2.04. The molecule has 19 heavy (non-hydrogen) atoms. The molecule has 0 radical (unpaired) electrons. The number of rotatable bonds is 7. The predicted octanol–water partition coefficient (Wildman–Crippen LogP) is -0.586. The standard InChI is InChI=1S/C12H20N2O5/c1-13(4-3-11(16)17)12(18)9-7-10(15)14(8-9)5-6-19-2/h9H,3-8H2,1-2H3,(H,16,17)/t9-/m1/s1. The van der Waals surface area contributed by atoms with Crippen molar-refractivity contribution in [3.8, 4) is 0 Å². The van der Waals surface area contributed by atoms with Gasteiger partial charge in [0.15, 0.2) is 0 Å². The highest BCUT2D eigenvalue weighted by Crippen LogP contribution is 2.19. The summed E-state index contributed by atoms with van der Waals surface area (Å²) in [6.45, 7) is 1.48. The fourth-order valence-electron chi connectivity index (χ4n) is 2.04. The lowest BCUT2D eigenvalue weighted by molar-refractivity contribution is -0.139. The van der Waals surface area contributed by atoms with Crippen LogP contribution in [0.25, 0.3) is 0 Å². The lowest BCUT2D eigenvalue weighted by Gasteiger charge is -2.20. The monoisotopic (exact) mass is 272 g/mol. The molecule has 1 heterocycles. The average molecular weight is 272 g/mol. The van der Waals surface area contributed by atoms with E-state index >= 15 is 0 Å². The second-order valence-corrected chi connectivity index (χ2v) is 4.64. The maximum atomic E-state index is 12.0. The second kappa shape index (κ2) is 7.08. The molecular weight excluding hydrogens is 252 g/mol. The zero-order valence-electron chi connectivity index (χ0n) is 11.3. The van der Waals surface area contributed by atoms with Crippen LogP contribution in [0.1, 0.15) is 12.8 Å². The van der Waals surface area contributed by atoms with Crippen LogP contribution in [0.5, 0.6) is 0 Å². The zero-order chi connectivity index (χ0) is 14.4. The first kappa shape index (κ1) is 15.4. The van der Waals surface area contributed by atoms with Gasteiger partial charge in [-0.05, 0) is 0 Å². The van der Waals surface area contributed by atoms with Crippen LogP contribution in [-0.2, 0) is 19.1 Å². The Hall–Kier alpha value is -1.63. The molecule has 0 saturated carbocycles. The summed E-state index contributed by atoms with van der Waals surface area (Å²) in [7, 11) is 3.12. The molecule has 1 aliphatic heterocycles. The lowest BCUT2D eigenvalue weighted by atomic mass is 10.1. The summed E-state index contributed by atoms with van der Waals surface area (Å²) in [5.74, 6) is -1.54. The van der Waals surface area contributed by atoms with E-state index in [1.807, 2.05) is 0 Å². The number of carbonyl (C=O) groups excluding carboxylic acids is 2. The molecule has 0 spiro atoms. The van der Waals surface area contributed by atoms with Gasteiger partial charge in [0.2, 0.25) is 11.8 Å². The van der Waals surface area contributed by atoms with E-state index in [1.165, 1.54) is 4.90 Å². The van der Waals surface area contributed by atoms with E-state index in [0.29, 0.717) is 19.7 Å². The van der Waals surface area contributed by atoms with Crippen molar-refractivity contribution < 1.29 is 24.2 Å². The van der Waals surface area contributed by atoms with Gasteiger partial charge in [-0.25, -0.2) is 0 Å². The second-order valence-electron chi connectivity index (χ2n) is 4.64. The Kier molecular flexibility index (Phi) is 5.75. The molecule has 0 unspecified atom stereocenters. The van der Waals surface area contributed by atoms with Gasteiger partial charge in [0.1, 0.15) is 0 Å². The molecular formula is C12H20N2O5. The van der Waals surface area contributed by atoms with Gasteiger partial charge in [-0.3, -0.25) is 14.4 Å². The number of aliphatic carboxylic acids is 1. The molecule has 108 valence electrons. The third-order valence-corrected chi connectivity index (χ3v) is 3.17. The van der Waals surface area contributed by atoms with Crippen LogP contribution in [0, 0.1) is 5.92 Å². The first-order valence-electron chi connectivity index (χ1n) is 6.19. The molecule has 0 aromatic rings. The Morgan fingerprint density at radius 3 is 2.79 bits per heavy atom. The van der Waals surface area contributed by atoms with Crippen LogP contribution in [0.3, 0.4) is 0 Å². The maximum absolute atomic E-state index is 12.0. The minimum atomic E-state index is -0.941. The Bertz CT molecular complexity index is 358. The van der Waals surface area contributed by atoms with Crippen LogP contribution in [-0.4, -0.2) is 73.1 Å². The van der Waals surface area contributed by atoms with Gasteiger partial charge in [0.05, 0.1) is 18.9 Å². The van der Waals surface area contributed by atoms with Crippen molar-refractivity contribution in [2.45, 2.75) is 12.8 Å². The number of carboxylic acid groups (broad SMARTS) is 1. The van der Waals surface area contributed by atoms with Gasteiger partial charge in [-0.15, -0.1) is 0 Å². The molecule has 7 heteroatoms. The molecule has 0 aliphatic carbocycles. The summed E-state index contributed by atoms with van der Waals surface area (Å²) in [4.78, 5) is 37.2. The molecule has 1 aliphatic rings. The molecule has 0 aromatic carbocycles. The first-order valence-corrected chi connectivity index (χ1v) is 6.19. The molecule has 1 rings (SSSR count). The summed E-state index contributed by atoms with van der Waals surface area (Å²) in [6, 6.07) is 0. The molecule has 2 amide bonds. The topological polar surface area (TPSA) is 87.2 Å². The molecule has 0 bridgehead atoms. The summed E-state index contributed by atoms with van der Waals surface area (Å²) in [5, 5.41) is 8.58. The fraction of sp³-hybridized carbons (Fsp3) is 0.750. The number of amides is 2. The number of ether oxygens (including phenoxy) is 1. The summed E-state index contributed by atoms with van der Waals surface area (Å²) < 4.78 is 4.91. The normalized spacial score (nSPS) is 18.7. The van der Waals surface area contributed by atoms with Crippen molar-refractivity contribution in [3.63, 3.8) is 0 Å². The molecule has 1 saturated heterocycles. The number of carbonyl (C=O) groups is 3. The highest BCUT2D eigenvalue weighted by atomic mass is 16.5. The van der Waals surface area contributed by atoms with Gasteiger partial charge in [0.25, 0.3) is 0 Å². The van der Waals surface area contributed by atoms with Crippen molar-refractivity contribution in [3.05, 3.63) is 0 Å². The van der Waals surface area contributed by atoms with E-state index in [0.717, 1.165) is 0 Å². The number of hydrogen-bond acceptors (Lipinski definition) is 4. The third-order valence-electron chi connectivity index (χ3n) is 3.17. The number of hydrogen-bond donors (Lipinski definition) is 1. The van der Waals surface area contributed by atoms with Gasteiger partial charge in [-0.1, -0.05) is 0 Å². The zero-order valence-corrected chi connectivity index (χ0v) is 11.3. The number of likely N-dealkylation sites (tertiary alicyclic amines) is 1. The number of carboxylic acids is 1. The highest BCUT2D eigenvalue weighted by molar-refractivity contribution is 5.89. The van der Waals surface area contributed by atoms with Crippen LogP contribution in [0.15, 0.2) is 0 Å². The van der Waals surface area contributed by atoms with E-state index in [2.05, 4.69) is 0 Å². The van der Waals surface area contributed by atoms with E-state index < -0.39 is 5.97 Å². The maximum Gasteiger partial charge on any atom is 0.305 e. The minimum absolute atomic E-state index is 0.0537. The van der Waals surface area contributed by atoms with Gasteiger partial charge in [0, 0.05) is 40.2 Å². The van der Waals surface area contributed by atoms with Gasteiger partial charge < -0.3 is 19.6 Å².